The largest absolute Gasteiger partial charge is 0.489 e. The Morgan fingerprint density at radius 2 is 1.76 bits per heavy atom. The fourth-order valence-electron chi connectivity index (χ4n) is 3.91. The van der Waals surface area contributed by atoms with Crippen molar-refractivity contribution in [3.05, 3.63) is 59.9 Å². The second kappa shape index (κ2) is 10.0. The molecule has 2 unspecified atom stereocenters. The highest BCUT2D eigenvalue weighted by atomic mass is 32.2. The second-order valence-electron chi connectivity index (χ2n) is 9.56. The zero-order chi connectivity index (χ0) is 25.1. The maximum absolute atomic E-state index is 13.2. The molecule has 0 amide bonds. The van der Waals surface area contributed by atoms with Gasteiger partial charge in [0.15, 0.2) is 0 Å². The van der Waals surface area contributed by atoms with Crippen LogP contribution in [0, 0.1) is 11.7 Å². The average Bonchev–Trinajstić information content (AvgIpc) is 2.77. The van der Waals surface area contributed by atoms with Crippen LogP contribution in [-0.2, 0) is 26.2 Å². The number of β-amino-alcohol motifs (C(OH)–C–C–N with tert-alkyl or cyclic N) is 1. The van der Waals surface area contributed by atoms with E-state index in [1.54, 1.807) is 52.0 Å². The second-order valence-corrected chi connectivity index (χ2v) is 11.5. The van der Waals surface area contributed by atoms with E-state index in [0.29, 0.717) is 5.75 Å². The van der Waals surface area contributed by atoms with Gasteiger partial charge in [0.25, 0.3) is 0 Å². The van der Waals surface area contributed by atoms with E-state index >= 15 is 0 Å². The number of benzene rings is 2. The molecule has 0 aliphatic carbocycles. The molecule has 1 N–H and O–H groups in total. The Morgan fingerprint density at radius 1 is 1.15 bits per heavy atom. The smallest absolute Gasteiger partial charge is 0.312 e. The molecule has 0 bridgehead atoms. The van der Waals surface area contributed by atoms with E-state index < -0.39 is 33.1 Å². The van der Waals surface area contributed by atoms with Crippen LogP contribution in [0.2, 0.25) is 0 Å². The fraction of sp³-hybridized carbons (Fsp3) is 0.480. The number of hydrogen-bond donors (Lipinski definition) is 1. The Bertz CT molecular complexity index is 1100. The van der Waals surface area contributed by atoms with Gasteiger partial charge >= 0.3 is 5.97 Å². The first kappa shape index (κ1) is 26.1. The molecule has 2 aromatic carbocycles. The molecule has 9 heteroatoms. The van der Waals surface area contributed by atoms with Crippen LogP contribution in [0.5, 0.6) is 5.75 Å². The van der Waals surface area contributed by atoms with E-state index in [1.807, 2.05) is 0 Å². The minimum atomic E-state index is -3.89. The van der Waals surface area contributed by atoms with Gasteiger partial charge in [-0.1, -0.05) is 19.1 Å². The van der Waals surface area contributed by atoms with Gasteiger partial charge in [-0.3, -0.25) is 4.79 Å². The third-order valence-corrected chi connectivity index (χ3v) is 7.71. The normalized spacial score (nSPS) is 21.8. The summed E-state index contributed by atoms with van der Waals surface area (Å²) >= 11 is 0. The molecular weight excluding hydrogens is 461 g/mol. The van der Waals surface area contributed by atoms with Crippen molar-refractivity contribution in [1.29, 1.82) is 0 Å². The van der Waals surface area contributed by atoms with E-state index in [9.17, 15) is 22.7 Å². The molecular formula is C25H32FNO6S. The molecule has 0 aromatic heterocycles. The van der Waals surface area contributed by atoms with Crippen molar-refractivity contribution in [1.82, 2.24) is 4.31 Å². The minimum absolute atomic E-state index is 0.0656. The van der Waals surface area contributed by atoms with Crippen molar-refractivity contribution in [2.75, 3.05) is 13.1 Å². The molecule has 1 saturated heterocycles. The molecule has 34 heavy (non-hydrogen) atoms. The topological polar surface area (TPSA) is 93.1 Å². The lowest BCUT2D eigenvalue weighted by Crippen LogP contribution is -2.58. The van der Waals surface area contributed by atoms with Gasteiger partial charge in [-0.25, -0.2) is 12.8 Å². The lowest BCUT2D eigenvalue weighted by molar-refractivity contribution is -0.174. The highest BCUT2D eigenvalue weighted by Gasteiger charge is 2.48. The molecule has 1 aliphatic heterocycles. The van der Waals surface area contributed by atoms with Crippen LogP contribution < -0.4 is 4.74 Å². The van der Waals surface area contributed by atoms with E-state index in [-0.39, 0.29) is 43.3 Å². The summed E-state index contributed by atoms with van der Waals surface area (Å²) < 4.78 is 51.8. The number of carbonyl (C=O) groups is 1. The highest BCUT2D eigenvalue weighted by molar-refractivity contribution is 7.89. The standard InChI is InChI=1S/C25H32FNO6S/c1-5-25(29)17-27(15-14-22(25)23(28)33-24(2,3)4)34(30,31)21-12-10-20(11-13-21)32-16-18-6-8-19(26)9-7-18/h6-13,22,29H,5,14-17H2,1-4H3. The summed E-state index contributed by atoms with van der Waals surface area (Å²) in [5.74, 6) is -1.18. The monoisotopic (exact) mass is 493 g/mol. The maximum Gasteiger partial charge on any atom is 0.312 e. The Hall–Kier alpha value is -2.49. The number of hydrogen-bond acceptors (Lipinski definition) is 6. The molecule has 7 nitrogen and oxygen atoms in total. The van der Waals surface area contributed by atoms with Gasteiger partial charge in [0, 0.05) is 13.1 Å². The van der Waals surface area contributed by atoms with E-state index in [2.05, 4.69) is 0 Å². The first-order chi connectivity index (χ1) is 15.8. The third-order valence-electron chi connectivity index (χ3n) is 5.85. The van der Waals surface area contributed by atoms with E-state index in [0.717, 1.165) is 5.56 Å². The summed E-state index contributed by atoms with van der Waals surface area (Å²) in [7, 11) is -3.89. The summed E-state index contributed by atoms with van der Waals surface area (Å²) in [5.41, 5.74) is -1.44. The molecule has 186 valence electrons. The molecule has 0 spiro atoms. The molecule has 1 fully saturated rings. The van der Waals surface area contributed by atoms with Gasteiger partial charge in [-0.2, -0.15) is 4.31 Å². The Balaban J connectivity index is 1.69. The van der Waals surface area contributed by atoms with Gasteiger partial charge in [0.1, 0.15) is 23.8 Å². The zero-order valence-corrected chi connectivity index (χ0v) is 20.8. The summed E-state index contributed by atoms with van der Waals surface area (Å²) in [6, 6.07) is 11.9. The number of nitrogens with zero attached hydrogens (tertiary/aromatic N) is 1. The number of piperidine rings is 1. The lowest BCUT2D eigenvalue weighted by atomic mass is 9.80. The summed E-state index contributed by atoms with van der Waals surface area (Å²) in [6.45, 7) is 7.10. The molecule has 0 radical (unpaired) electrons. The van der Waals surface area contributed by atoms with Crippen molar-refractivity contribution < 1.29 is 32.2 Å². The van der Waals surface area contributed by atoms with Crippen molar-refractivity contribution in [2.45, 2.75) is 63.2 Å². The van der Waals surface area contributed by atoms with Crippen LogP contribution in [0.15, 0.2) is 53.4 Å². The van der Waals surface area contributed by atoms with Crippen LogP contribution in [0.25, 0.3) is 0 Å². The molecule has 2 atom stereocenters. The van der Waals surface area contributed by atoms with Crippen LogP contribution in [-0.4, -0.2) is 48.1 Å². The number of sulfonamides is 1. The van der Waals surface area contributed by atoms with Crippen molar-refractivity contribution in [3.63, 3.8) is 0 Å². The first-order valence-corrected chi connectivity index (χ1v) is 12.7. The van der Waals surface area contributed by atoms with Crippen LogP contribution in [0.1, 0.15) is 46.1 Å². The molecule has 1 heterocycles. The first-order valence-electron chi connectivity index (χ1n) is 11.3. The SMILES string of the molecule is CCC1(O)CN(S(=O)(=O)c2ccc(OCc3ccc(F)cc3)cc2)CCC1C(=O)OC(C)(C)C. The number of esters is 1. The number of halogens is 1. The number of rotatable bonds is 7. The maximum atomic E-state index is 13.2. The zero-order valence-electron chi connectivity index (χ0n) is 20.0. The summed E-state index contributed by atoms with van der Waals surface area (Å²) in [5, 5.41) is 11.2. The number of aliphatic hydroxyl groups is 1. The van der Waals surface area contributed by atoms with Gasteiger partial charge < -0.3 is 14.6 Å². The molecule has 3 rings (SSSR count). The van der Waals surface area contributed by atoms with Gasteiger partial charge in [-0.05, 0) is 75.6 Å². The fourth-order valence-corrected chi connectivity index (χ4v) is 5.43. The van der Waals surface area contributed by atoms with E-state index in [4.69, 9.17) is 9.47 Å². The van der Waals surface area contributed by atoms with Crippen LogP contribution in [0.4, 0.5) is 4.39 Å². The van der Waals surface area contributed by atoms with Crippen molar-refractivity contribution in [3.8, 4) is 5.75 Å². The summed E-state index contributed by atoms with van der Waals surface area (Å²) in [4.78, 5) is 12.7. The highest BCUT2D eigenvalue weighted by Crippen LogP contribution is 2.35. The average molecular weight is 494 g/mol. The lowest BCUT2D eigenvalue weighted by Gasteiger charge is -2.43. The Morgan fingerprint density at radius 3 is 2.32 bits per heavy atom. The van der Waals surface area contributed by atoms with Crippen molar-refractivity contribution >= 4 is 16.0 Å². The summed E-state index contributed by atoms with van der Waals surface area (Å²) in [6.07, 6.45) is 0.371. The minimum Gasteiger partial charge on any atom is -0.489 e. The third kappa shape index (κ3) is 6.14. The molecule has 0 saturated carbocycles. The van der Waals surface area contributed by atoms with E-state index in [1.165, 1.54) is 28.6 Å². The molecule has 1 aliphatic rings. The Labute approximate surface area is 200 Å². The van der Waals surface area contributed by atoms with Crippen LogP contribution >= 0.6 is 0 Å². The van der Waals surface area contributed by atoms with Gasteiger partial charge in [0.2, 0.25) is 10.0 Å². The van der Waals surface area contributed by atoms with Crippen LogP contribution in [0.3, 0.4) is 0 Å². The number of ether oxygens (including phenoxy) is 2. The van der Waals surface area contributed by atoms with Gasteiger partial charge in [0.05, 0.1) is 16.4 Å². The van der Waals surface area contributed by atoms with Gasteiger partial charge in [-0.15, -0.1) is 0 Å². The molecule has 2 aromatic rings. The Kier molecular flexibility index (Phi) is 7.69. The number of carbonyl (C=O) groups excluding carboxylic acids is 1. The van der Waals surface area contributed by atoms with Crippen molar-refractivity contribution in [2.24, 2.45) is 5.92 Å². The quantitative estimate of drug-likeness (QED) is 0.588. The predicted molar refractivity (Wildman–Crippen MR) is 125 cm³/mol. The predicted octanol–water partition coefficient (Wildman–Crippen LogP) is 3.90.